The molecule has 4 heteroatoms. The molecule has 1 atom stereocenters. The van der Waals surface area contributed by atoms with Crippen LogP contribution in [0.1, 0.15) is 64.9 Å². The van der Waals surface area contributed by atoms with Crippen LogP contribution < -0.4 is 0 Å². The van der Waals surface area contributed by atoms with E-state index in [1.165, 1.54) is 5.57 Å². The summed E-state index contributed by atoms with van der Waals surface area (Å²) in [6, 6.07) is 7.87. The van der Waals surface area contributed by atoms with Gasteiger partial charge < -0.3 is 9.64 Å². The van der Waals surface area contributed by atoms with Crippen LogP contribution in [0.15, 0.2) is 59.9 Å². The maximum absolute atomic E-state index is 13.6. The minimum atomic E-state index is -0.353. The van der Waals surface area contributed by atoms with Gasteiger partial charge >= 0.3 is 0 Å². The van der Waals surface area contributed by atoms with Crippen LogP contribution in [0, 0.1) is 5.92 Å². The van der Waals surface area contributed by atoms with Crippen LogP contribution >= 0.6 is 11.6 Å². The standard InChI is InChI=1S/C27H36ClNO2/c1-4-21(3)9-6-11-25(5-2)31-20-22-10-7-18-29(19-22)26(30)27(16-8-17-27)23-12-14-24(28)15-13-23/h5-6,9,11-15,22H,4,7-8,10,16-20H2,1-3H3/b11-6-,21-9?,25-5+. The lowest BCUT2D eigenvalue weighted by Gasteiger charge is -2.46. The average Bonchev–Trinajstić information content (AvgIpc) is 2.76. The maximum Gasteiger partial charge on any atom is 0.233 e. The molecular formula is C27H36ClNO2. The van der Waals surface area contributed by atoms with Gasteiger partial charge in [-0.15, -0.1) is 0 Å². The molecule has 0 bridgehead atoms. The quantitative estimate of drug-likeness (QED) is 0.326. The number of carbonyl (C=O) groups excluding carboxylic acids is 1. The van der Waals surface area contributed by atoms with Crippen molar-refractivity contribution < 1.29 is 9.53 Å². The van der Waals surface area contributed by atoms with Crippen molar-refractivity contribution >= 4 is 17.5 Å². The van der Waals surface area contributed by atoms with E-state index in [0.29, 0.717) is 12.5 Å². The smallest absolute Gasteiger partial charge is 0.233 e. The lowest BCUT2D eigenvalue weighted by Crippen LogP contribution is -2.53. The van der Waals surface area contributed by atoms with Crippen molar-refractivity contribution in [1.29, 1.82) is 0 Å². The lowest BCUT2D eigenvalue weighted by atomic mass is 9.63. The number of halogens is 1. The molecule has 1 aliphatic heterocycles. The third-order valence-corrected chi connectivity index (χ3v) is 7.04. The van der Waals surface area contributed by atoms with Gasteiger partial charge in [0, 0.05) is 24.0 Å². The number of hydrogen-bond donors (Lipinski definition) is 0. The fraction of sp³-hybridized carbons (Fsp3) is 0.519. The first-order valence-electron chi connectivity index (χ1n) is 11.7. The van der Waals surface area contributed by atoms with Crippen molar-refractivity contribution in [3.05, 3.63) is 70.5 Å². The number of nitrogens with zero attached hydrogens (tertiary/aromatic N) is 1. The Bertz CT molecular complexity index is 833. The first kappa shape index (κ1) is 23.7. The molecule has 1 aromatic carbocycles. The van der Waals surface area contributed by atoms with E-state index >= 15 is 0 Å². The number of amides is 1. The lowest BCUT2D eigenvalue weighted by molar-refractivity contribution is -0.143. The van der Waals surface area contributed by atoms with E-state index in [0.717, 1.165) is 68.0 Å². The molecule has 2 aliphatic rings. The summed E-state index contributed by atoms with van der Waals surface area (Å²) in [5, 5.41) is 0.718. The summed E-state index contributed by atoms with van der Waals surface area (Å²) in [6.45, 7) is 8.57. The number of piperidine rings is 1. The normalized spacial score (nSPS) is 21.8. The molecule has 3 nitrogen and oxygen atoms in total. The maximum atomic E-state index is 13.6. The minimum absolute atomic E-state index is 0.289. The molecule has 1 heterocycles. The van der Waals surface area contributed by atoms with Crippen molar-refractivity contribution in [2.24, 2.45) is 5.92 Å². The molecule has 31 heavy (non-hydrogen) atoms. The van der Waals surface area contributed by atoms with Crippen molar-refractivity contribution in [3.8, 4) is 0 Å². The Morgan fingerprint density at radius 2 is 2.00 bits per heavy atom. The Morgan fingerprint density at radius 1 is 1.26 bits per heavy atom. The fourth-order valence-corrected chi connectivity index (χ4v) is 4.61. The third kappa shape index (κ3) is 5.83. The molecule has 3 rings (SSSR count). The summed E-state index contributed by atoms with van der Waals surface area (Å²) in [5.74, 6) is 1.55. The van der Waals surface area contributed by atoms with Gasteiger partial charge in [-0.3, -0.25) is 4.79 Å². The van der Waals surface area contributed by atoms with Crippen LogP contribution in [0.2, 0.25) is 5.02 Å². The molecule has 1 saturated carbocycles. The van der Waals surface area contributed by atoms with Gasteiger partial charge in [0.2, 0.25) is 5.91 Å². The highest BCUT2D eigenvalue weighted by molar-refractivity contribution is 6.30. The minimum Gasteiger partial charge on any atom is -0.494 e. The summed E-state index contributed by atoms with van der Waals surface area (Å²) in [7, 11) is 0. The molecule has 0 spiro atoms. The highest BCUT2D eigenvalue weighted by Gasteiger charge is 2.48. The van der Waals surface area contributed by atoms with Gasteiger partial charge in [-0.25, -0.2) is 0 Å². The van der Waals surface area contributed by atoms with Gasteiger partial charge in [-0.1, -0.05) is 54.8 Å². The second-order valence-electron chi connectivity index (χ2n) is 8.93. The average molecular weight is 442 g/mol. The van der Waals surface area contributed by atoms with E-state index in [4.69, 9.17) is 16.3 Å². The summed E-state index contributed by atoms with van der Waals surface area (Å²) < 4.78 is 6.09. The van der Waals surface area contributed by atoms with Crippen molar-refractivity contribution in [2.75, 3.05) is 19.7 Å². The van der Waals surface area contributed by atoms with Crippen LogP contribution in [0.3, 0.4) is 0 Å². The molecule has 168 valence electrons. The van der Waals surface area contributed by atoms with Crippen molar-refractivity contribution in [2.45, 2.75) is 64.7 Å². The molecule has 1 unspecified atom stereocenters. The molecular weight excluding hydrogens is 406 g/mol. The van der Waals surface area contributed by atoms with Gasteiger partial charge in [-0.2, -0.15) is 0 Å². The predicted octanol–water partition coefficient (Wildman–Crippen LogP) is 6.83. The van der Waals surface area contributed by atoms with Gasteiger partial charge in [0.05, 0.1) is 12.0 Å². The van der Waals surface area contributed by atoms with Gasteiger partial charge in [0.15, 0.2) is 0 Å². The highest BCUT2D eigenvalue weighted by Crippen LogP contribution is 2.46. The molecule has 1 amide bonds. The highest BCUT2D eigenvalue weighted by atomic mass is 35.5. The molecule has 1 aromatic rings. The van der Waals surface area contributed by atoms with E-state index in [1.54, 1.807) is 0 Å². The molecule has 0 N–H and O–H groups in total. The number of hydrogen-bond acceptors (Lipinski definition) is 2. The fourth-order valence-electron chi connectivity index (χ4n) is 4.48. The number of benzene rings is 1. The van der Waals surface area contributed by atoms with Gasteiger partial charge in [-0.05, 0) is 75.8 Å². The Balaban J connectivity index is 1.59. The summed E-state index contributed by atoms with van der Waals surface area (Å²) in [4.78, 5) is 15.7. The van der Waals surface area contributed by atoms with Gasteiger partial charge in [0.1, 0.15) is 5.76 Å². The van der Waals surface area contributed by atoms with E-state index in [1.807, 2.05) is 43.3 Å². The summed E-state index contributed by atoms with van der Waals surface area (Å²) >= 11 is 6.08. The number of ether oxygens (including phenoxy) is 1. The molecule has 2 fully saturated rings. The van der Waals surface area contributed by atoms with E-state index in [9.17, 15) is 4.79 Å². The monoisotopic (exact) mass is 441 g/mol. The van der Waals surface area contributed by atoms with Crippen molar-refractivity contribution in [1.82, 2.24) is 4.90 Å². The summed E-state index contributed by atoms with van der Waals surface area (Å²) in [6.07, 6.45) is 14.4. The zero-order chi connectivity index (χ0) is 22.3. The van der Waals surface area contributed by atoms with E-state index < -0.39 is 0 Å². The van der Waals surface area contributed by atoms with Crippen LogP contribution in [-0.4, -0.2) is 30.5 Å². The first-order chi connectivity index (χ1) is 15.0. The molecule has 0 radical (unpaired) electrons. The first-order valence-corrected chi connectivity index (χ1v) is 12.0. The molecule has 1 saturated heterocycles. The Labute approximate surface area is 192 Å². The van der Waals surface area contributed by atoms with Gasteiger partial charge in [0.25, 0.3) is 0 Å². The van der Waals surface area contributed by atoms with Crippen LogP contribution in [0.25, 0.3) is 0 Å². The molecule has 1 aliphatic carbocycles. The Kier molecular flexibility index (Phi) is 8.43. The number of rotatable bonds is 8. The number of likely N-dealkylation sites (tertiary alicyclic amines) is 1. The predicted molar refractivity (Wildman–Crippen MR) is 129 cm³/mol. The number of carbonyl (C=O) groups is 1. The van der Waals surface area contributed by atoms with Crippen LogP contribution in [0.5, 0.6) is 0 Å². The largest absolute Gasteiger partial charge is 0.494 e. The second-order valence-corrected chi connectivity index (χ2v) is 9.37. The molecule has 0 aromatic heterocycles. The Morgan fingerprint density at radius 3 is 2.61 bits per heavy atom. The van der Waals surface area contributed by atoms with Crippen LogP contribution in [-0.2, 0) is 14.9 Å². The number of allylic oxidation sites excluding steroid dienone is 5. The van der Waals surface area contributed by atoms with Crippen LogP contribution in [0.4, 0.5) is 0 Å². The summed E-state index contributed by atoms with van der Waals surface area (Å²) in [5.41, 5.74) is 2.11. The topological polar surface area (TPSA) is 29.5 Å². The third-order valence-electron chi connectivity index (χ3n) is 6.79. The SMILES string of the molecule is C/C=C(\C=C/C=C(C)CC)OCC1CCCN(C(=O)C2(c3ccc(Cl)cc3)CCC2)C1. The van der Waals surface area contributed by atoms with Crippen molar-refractivity contribution in [3.63, 3.8) is 0 Å². The second kappa shape index (κ2) is 11.0. The van der Waals surface area contributed by atoms with E-state index in [2.05, 4.69) is 30.9 Å². The zero-order valence-corrected chi connectivity index (χ0v) is 20.0. The van der Waals surface area contributed by atoms with E-state index in [-0.39, 0.29) is 11.3 Å². The zero-order valence-electron chi connectivity index (χ0n) is 19.2. The Hall–Kier alpha value is -2.00.